The van der Waals surface area contributed by atoms with Gasteiger partial charge in [0, 0.05) is 43.9 Å². The number of nitrogens with zero attached hydrogens (tertiary/aromatic N) is 2. The minimum absolute atomic E-state index is 0.115. The van der Waals surface area contributed by atoms with Crippen LogP contribution in [0.2, 0.25) is 10.0 Å². The first-order chi connectivity index (χ1) is 18.7. The highest BCUT2D eigenvalue weighted by atomic mass is 35.5. The summed E-state index contributed by atoms with van der Waals surface area (Å²) in [6, 6.07) is 8.89. The van der Waals surface area contributed by atoms with Gasteiger partial charge in [0.05, 0.1) is 12.1 Å². The maximum absolute atomic E-state index is 12.9. The van der Waals surface area contributed by atoms with E-state index in [1.54, 1.807) is 12.1 Å². The molecule has 11 heteroatoms. The van der Waals surface area contributed by atoms with E-state index in [9.17, 15) is 14.4 Å². The second kappa shape index (κ2) is 13.0. The van der Waals surface area contributed by atoms with Crippen LogP contribution in [0, 0.1) is 5.41 Å². The normalized spacial score (nSPS) is 17.0. The molecular formula is C28H34Cl2N4O5. The summed E-state index contributed by atoms with van der Waals surface area (Å²) in [5.74, 6) is -0.442. The minimum Gasteiger partial charge on any atom is -0.469 e. The van der Waals surface area contributed by atoms with Crippen molar-refractivity contribution in [2.45, 2.75) is 57.7 Å². The van der Waals surface area contributed by atoms with Crippen molar-refractivity contribution in [1.29, 1.82) is 0 Å². The molecule has 210 valence electrons. The highest BCUT2D eigenvalue weighted by Gasteiger charge is 2.52. The first-order valence-corrected chi connectivity index (χ1v) is 13.9. The van der Waals surface area contributed by atoms with Crippen LogP contribution in [0.15, 0.2) is 36.5 Å². The Bertz CT molecular complexity index is 1200. The van der Waals surface area contributed by atoms with Crippen LogP contribution in [-0.4, -0.2) is 66.6 Å². The van der Waals surface area contributed by atoms with Crippen molar-refractivity contribution in [1.82, 2.24) is 20.5 Å². The number of rotatable bonds is 12. The molecule has 2 fully saturated rings. The van der Waals surface area contributed by atoms with Gasteiger partial charge in [-0.05, 0) is 61.4 Å². The molecule has 2 N–H and O–H groups in total. The molecule has 9 nitrogen and oxygen atoms in total. The Labute approximate surface area is 238 Å². The Kier molecular flexibility index (Phi) is 9.69. The smallest absolute Gasteiger partial charge is 0.305 e. The van der Waals surface area contributed by atoms with Gasteiger partial charge in [-0.25, -0.2) is 4.98 Å². The van der Waals surface area contributed by atoms with Gasteiger partial charge in [0.2, 0.25) is 5.88 Å². The lowest BCUT2D eigenvalue weighted by molar-refractivity contribution is -0.141. The third-order valence-electron chi connectivity index (χ3n) is 7.24. The van der Waals surface area contributed by atoms with Crippen LogP contribution in [0.5, 0.6) is 5.88 Å². The number of hydrogen-bond acceptors (Lipinski definition) is 7. The molecule has 0 radical (unpaired) electrons. The third-order valence-corrected chi connectivity index (χ3v) is 7.72. The summed E-state index contributed by atoms with van der Waals surface area (Å²) in [4.78, 5) is 43.2. The highest BCUT2D eigenvalue weighted by molar-refractivity contribution is 6.35. The molecule has 1 saturated carbocycles. The van der Waals surface area contributed by atoms with Gasteiger partial charge in [0.25, 0.3) is 11.8 Å². The number of ether oxygens (including phenoxy) is 2. The first-order valence-electron chi connectivity index (χ1n) is 13.1. The molecule has 39 heavy (non-hydrogen) atoms. The summed E-state index contributed by atoms with van der Waals surface area (Å²) in [5.41, 5.74) is 1.65. The van der Waals surface area contributed by atoms with E-state index in [-0.39, 0.29) is 41.3 Å². The van der Waals surface area contributed by atoms with Crippen LogP contribution < -0.4 is 15.4 Å². The number of methoxy groups -OCH3 is 1. The molecule has 4 rings (SSSR count). The van der Waals surface area contributed by atoms with Crippen molar-refractivity contribution in [3.05, 3.63) is 57.7 Å². The Morgan fingerprint density at radius 1 is 1.21 bits per heavy atom. The molecule has 1 atom stereocenters. The fourth-order valence-electron chi connectivity index (χ4n) is 5.30. The first kappa shape index (κ1) is 29.1. The van der Waals surface area contributed by atoms with E-state index in [1.165, 1.54) is 19.4 Å². The number of likely N-dealkylation sites (tertiary alicyclic amines) is 1. The lowest BCUT2D eigenvalue weighted by atomic mass is 9.60. The SMILES string of the molecule is CC[C@@H](Oc1ncc(Cl)cc1Cl)C(=O)NCc1cccc(C(=O)NC2CC3(C2)CN(CCCC(=O)OC)C3)c1. The van der Waals surface area contributed by atoms with E-state index in [0.717, 1.165) is 44.5 Å². The molecule has 1 aromatic heterocycles. The van der Waals surface area contributed by atoms with Gasteiger partial charge in [-0.2, -0.15) is 0 Å². The maximum Gasteiger partial charge on any atom is 0.305 e. The van der Waals surface area contributed by atoms with Gasteiger partial charge >= 0.3 is 5.97 Å². The minimum atomic E-state index is -0.774. The van der Waals surface area contributed by atoms with Crippen LogP contribution in [0.25, 0.3) is 0 Å². The van der Waals surface area contributed by atoms with E-state index < -0.39 is 6.10 Å². The molecule has 1 saturated heterocycles. The lowest BCUT2D eigenvalue weighted by Gasteiger charge is -2.59. The maximum atomic E-state index is 12.9. The van der Waals surface area contributed by atoms with Gasteiger partial charge in [0.15, 0.2) is 6.10 Å². The molecule has 1 aliphatic carbocycles. The molecule has 0 unspecified atom stereocenters. The number of hydrogen-bond donors (Lipinski definition) is 2. The molecule has 1 spiro atoms. The summed E-state index contributed by atoms with van der Waals surface area (Å²) in [6.07, 6.45) is 4.24. The second-order valence-electron chi connectivity index (χ2n) is 10.3. The fourth-order valence-corrected chi connectivity index (χ4v) is 5.72. The highest BCUT2D eigenvalue weighted by Crippen LogP contribution is 2.48. The topological polar surface area (TPSA) is 110 Å². The number of aromatic nitrogens is 1. The Morgan fingerprint density at radius 3 is 2.67 bits per heavy atom. The molecular weight excluding hydrogens is 543 g/mol. The number of nitrogens with one attached hydrogen (secondary N) is 2. The lowest BCUT2D eigenvalue weighted by Crippen LogP contribution is -2.66. The number of carbonyl (C=O) groups excluding carboxylic acids is 3. The van der Waals surface area contributed by atoms with E-state index in [1.807, 2.05) is 19.1 Å². The monoisotopic (exact) mass is 576 g/mol. The number of amides is 2. The van der Waals surface area contributed by atoms with Crippen molar-refractivity contribution in [3.8, 4) is 5.88 Å². The Balaban J connectivity index is 1.20. The summed E-state index contributed by atoms with van der Waals surface area (Å²) in [6.45, 7) is 5.00. The molecule has 1 aliphatic heterocycles. The van der Waals surface area contributed by atoms with E-state index in [2.05, 4.69) is 25.3 Å². The molecule has 2 aliphatic rings. The average molecular weight is 578 g/mol. The number of pyridine rings is 1. The quantitative estimate of drug-likeness (QED) is 0.367. The molecule has 0 bridgehead atoms. The summed E-state index contributed by atoms with van der Waals surface area (Å²) < 4.78 is 10.4. The van der Waals surface area contributed by atoms with Crippen molar-refractivity contribution in [2.75, 3.05) is 26.7 Å². The number of esters is 1. The van der Waals surface area contributed by atoms with Gasteiger partial charge in [-0.15, -0.1) is 0 Å². The zero-order valence-electron chi connectivity index (χ0n) is 22.2. The van der Waals surface area contributed by atoms with Crippen LogP contribution in [0.1, 0.15) is 54.9 Å². The van der Waals surface area contributed by atoms with Crippen LogP contribution in [0.3, 0.4) is 0 Å². The van der Waals surface area contributed by atoms with E-state index in [0.29, 0.717) is 28.8 Å². The molecule has 1 aromatic carbocycles. The predicted molar refractivity (Wildman–Crippen MR) is 148 cm³/mol. The zero-order valence-corrected chi connectivity index (χ0v) is 23.7. The second-order valence-corrected chi connectivity index (χ2v) is 11.2. The van der Waals surface area contributed by atoms with Crippen molar-refractivity contribution in [3.63, 3.8) is 0 Å². The Hall–Kier alpha value is -2.88. The molecule has 2 aromatic rings. The van der Waals surface area contributed by atoms with Gasteiger partial charge < -0.3 is 25.0 Å². The molecule has 2 amide bonds. The number of carbonyl (C=O) groups is 3. The predicted octanol–water partition coefficient (Wildman–Crippen LogP) is 4.01. The van der Waals surface area contributed by atoms with Crippen LogP contribution >= 0.6 is 23.2 Å². The Morgan fingerprint density at radius 2 is 1.97 bits per heavy atom. The molecule has 2 heterocycles. The summed E-state index contributed by atoms with van der Waals surface area (Å²) in [7, 11) is 1.41. The standard InChI is InChI=1S/C28H34Cl2N4O5/c1-3-23(39-27-22(30)11-20(29)15-32-27)26(37)31-14-18-6-4-7-19(10-18)25(36)33-21-12-28(13-21)16-34(17-28)9-5-8-24(35)38-2/h4,6-7,10-11,15,21,23H,3,5,8-9,12-14,16-17H2,1-2H3,(H,31,37)(H,33,36)/t23-/m1/s1. The largest absolute Gasteiger partial charge is 0.469 e. The van der Waals surface area contributed by atoms with Crippen LogP contribution in [-0.2, 0) is 20.9 Å². The summed E-state index contributed by atoms with van der Waals surface area (Å²) in [5, 5.41) is 6.61. The third kappa shape index (κ3) is 7.62. The van der Waals surface area contributed by atoms with Crippen molar-refractivity contribution in [2.24, 2.45) is 5.41 Å². The van der Waals surface area contributed by atoms with Gasteiger partial charge in [-0.3, -0.25) is 14.4 Å². The number of halogens is 2. The van der Waals surface area contributed by atoms with Crippen molar-refractivity contribution >= 4 is 41.0 Å². The summed E-state index contributed by atoms with van der Waals surface area (Å²) >= 11 is 12.0. The fraction of sp³-hybridized carbons (Fsp3) is 0.500. The average Bonchev–Trinajstić information content (AvgIpc) is 2.88. The zero-order chi connectivity index (χ0) is 28.0. The van der Waals surface area contributed by atoms with E-state index >= 15 is 0 Å². The van der Waals surface area contributed by atoms with Crippen molar-refractivity contribution < 1.29 is 23.9 Å². The van der Waals surface area contributed by atoms with Gasteiger partial charge in [0.1, 0.15) is 5.02 Å². The van der Waals surface area contributed by atoms with E-state index in [4.69, 9.17) is 27.9 Å². The number of benzene rings is 1. The van der Waals surface area contributed by atoms with Gasteiger partial charge in [-0.1, -0.05) is 42.3 Å². The van der Waals surface area contributed by atoms with Crippen LogP contribution in [0.4, 0.5) is 0 Å².